The zero-order valence-electron chi connectivity index (χ0n) is 18.5. The first-order valence-corrected chi connectivity index (χ1v) is 11.3. The highest BCUT2D eigenvalue weighted by molar-refractivity contribution is 6.35. The Labute approximate surface area is 215 Å². The van der Waals surface area contributed by atoms with Crippen LogP contribution in [0.15, 0.2) is 60.7 Å². The Hall–Kier alpha value is -4.40. The predicted octanol–water partition coefficient (Wildman–Crippen LogP) is 5.68. The summed E-state index contributed by atoms with van der Waals surface area (Å²) in [6.45, 7) is 0. The molecular weight excluding hydrogens is 503 g/mol. The fourth-order valence-electron chi connectivity index (χ4n) is 4.08. The molecule has 8 N–H and O–H groups in total. The van der Waals surface area contributed by atoms with Crippen LogP contribution in [0, 0.1) is 0 Å². The van der Waals surface area contributed by atoms with E-state index in [1.807, 2.05) is 0 Å². The van der Waals surface area contributed by atoms with E-state index in [1.54, 1.807) is 48.5 Å². The molecule has 0 radical (unpaired) electrons. The van der Waals surface area contributed by atoms with Gasteiger partial charge in [0, 0.05) is 33.6 Å². The predicted molar refractivity (Wildman–Crippen MR) is 140 cm³/mol. The van der Waals surface area contributed by atoms with Crippen LogP contribution in [-0.2, 0) is 0 Å². The molecule has 10 heteroatoms. The summed E-state index contributed by atoms with van der Waals surface area (Å²) in [7, 11) is 0. The third-order valence-corrected chi connectivity index (χ3v) is 6.15. The van der Waals surface area contributed by atoms with E-state index in [0.717, 1.165) is 0 Å². The number of nitrogens with two attached hydrogens (primary N) is 4. The quantitative estimate of drug-likeness (QED) is 0.220. The summed E-state index contributed by atoms with van der Waals surface area (Å²) in [5, 5.41) is 0.875. The van der Waals surface area contributed by atoms with Crippen molar-refractivity contribution in [3.05, 3.63) is 93.0 Å². The molecular formula is C26H18Cl2N4O4. The molecule has 0 saturated heterocycles. The highest BCUT2D eigenvalue weighted by Gasteiger charge is 2.38. The maximum absolute atomic E-state index is 13.7. The monoisotopic (exact) mass is 520 g/mol. The van der Waals surface area contributed by atoms with Gasteiger partial charge in [-0.2, -0.15) is 0 Å². The number of benzene rings is 4. The van der Waals surface area contributed by atoms with Crippen LogP contribution >= 0.6 is 23.2 Å². The van der Waals surface area contributed by atoms with Gasteiger partial charge in [-0.15, -0.1) is 0 Å². The largest absolute Gasteiger partial charge is 0.455 e. The zero-order chi connectivity index (χ0) is 25.7. The van der Waals surface area contributed by atoms with Gasteiger partial charge in [-0.05, 0) is 36.4 Å². The van der Waals surface area contributed by atoms with Crippen molar-refractivity contribution < 1.29 is 19.1 Å². The second-order valence-electron chi connectivity index (χ2n) is 8.03. The summed E-state index contributed by atoms with van der Waals surface area (Å²) in [5.41, 5.74) is 24.5. The average Bonchev–Trinajstić information content (AvgIpc) is 2.81. The molecule has 0 spiro atoms. The van der Waals surface area contributed by atoms with Crippen LogP contribution in [0.3, 0.4) is 0 Å². The molecule has 0 atom stereocenters. The van der Waals surface area contributed by atoms with Crippen LogP contribution in [0.4, 0.5) is 22.7 Å². The molecule has 36 heavy (non-hydrogen) atoms. The minimum atomic E-state index is -0.638. The Bertz CT molecular complexity index is 1490. The molecule has 1 aliphatic carbocycles. The lowest BCUT2D eigenvalue weighted by atomic mass is 9.80. The van der Waals surface area contributed by atoms with Crippen LogP contribution in [0.1, 0.15) is 31.8 Å². The van der Waals surface area contributed by atoms with E-state index in [2.05, 4.69) is 0 Å². The minimum Gasteiger partial charge on any atom is -0.455 e. The van der Waals surface area contributed by atoms with E-state index in [9.17, 15) is 9.59 Å². The molecule has 1 aliphatic rings. The molecule has 0 saturated carbocycles. The molecule has 5 rings (SSSR count). The van der Waals surface area contributed by atoms with Gasteiger partial charge in [0.1, 0.15) is 11.5 Å². The third-order valence-electron chi connectivity index (χ3n) is 5.68. The van der Waals surface area contributed by atoms with E-state index >= 15 is 0 Å². The van der Waals surface area contributed by atoms with Crippen molar-refractivity contribution >= 4 is 57.5 Å². The first-order valence-electron chi connectivity index (χ1n) is 10.6. The SMILES string of the molecule is Nc1cc(Oc2cccc(Cl)c2)c(N)c2c1C(=O)c1c(N)cc(Oc3cccc(Cl)c3)c(N)c1C2=O. The molecule has 8 nitrogen and oxygen atoms in total. The van der Waals surface area contributed by atoms with Crippen molar-refractivity contribution in [1.29, 1.82) is 0 Å². The Morgan fingerprint density at radius 1 is 0.556 bits per heavy atom. The zero-order valence-corrected chi connectivity index (χ0v) is 20.0. The molecule has 0 aliphatic heterocycles. The number of anilines is 4. The van der Waals surface area contributed by atoms with Gasteiger partial charge < -0.3 is 32.4 Å². The summed E-state index contributed by atoms with van der Waals surface area (Å²) >= 11 is 12.1. The maximum atomic E-state index is 13.7. The topological polar surface area (TPSA) is 157 Å². The lowest BCUT2D eigenvalue weighted by Crippen LogP contribution is -2.26. The standard InChI is InChI=1S/C26H18Cl2N4O4/c27-11-3-1-5-13(7-11)35-17-9-15(29)19-21(23(17)31)26(34)22-20(25(19)33)16(30)10-18(24(22)32)36-14-6-2-4-12(28)8-14/h1-10H,29-32H2. The summed E-state index contributed by atoms with van der Waals surface area (Å²) in [5.74, 6) is -0.335. The maximum Gasteiger partial charge on any atom is 0.199 e. The van der Waals surface area contributed by atoms with Gasteiger partial charge >= 0.3 is 0 Å². The molecule has 0 bridgehead atoms. The van der Waals surface area contributed by atoms with Crippen molar-refractivity contribution in [2.45, 2.75) is 0 Å². The second-order valence-corrected chi connectivity index (χ2v) is 8.91. The molecule has 4 aromatic carbocycles. The van der Waals surface area contributed by atoms with Gasteiger partial charge in [0.25, 0.3) is 0 Å². The van der Waals surface area contributed by atoms with E-state index < -0.39 is 11.6 Å². The van der Waals surface area contributed by atoms with Crippen LogP contribution in [-0.4, -0.2) is 11.6 Å². The van der Waals surface area contributed by atoms with Gasteiger partial charge in [0.2, 0.25) is 0 Å². The number of halogens is 2. The first kappa shape index (κ1) is 23.3. The molecule has 180 valence electrons. The molecule has 0 heterocycles. The summed E-state index contributed by atoms with van der Waals surface area (Å²) in [6.07, 6.45) is 0. The number of ketones is 2. The number of ether oxygens (including phenoxy) is 2. The van der Waals surface area contributed by atoms with Crippen LogP contribution in [0.5, 0.6) is 23.0 Å². The highest BCUT2D eigenvalue weighted by Crippen LogP contribution is 2.46. The van der Waals surface area contributed by atoms with E-state index in [4.69, 9.17) is 55.6 Å². The first-order chi connectivity index (χ1) is 17.2. The Morgan fingerprint density at radius 2 is 0.944 bits per heavy atom. The Kier molecular flexibility index (Phi) is 5.62. The Balaban J connectivity index is 1.64. The van der Waals surface area contributed by atoms with Gasteiger partial charge in [0.15, 0.2) is 23.1 Å². The summed E-state index contributed by atoms with van der Waals surface area (Å²) in [6, 6.07) is 15.9. The molecule has 0 fully saturated rings. The number of carbonyl (C=O) groups excluding carboxylic acids is 2. The van der Waals surface area contributed by atoms with Gasteiger partial charge in [-0.25, -0.2) is 0 Å². The number of rotatable bonds is 4. The highest BCUT2D eigenvalue weighted by atomic mass is 35.5. The van der Waals surface area contributed by atoms with Crippen molar-refractivity contribution in [1.82, 2.24) is 0 Å². The number of hydrogen-bond donors (Lipinski definition) is 4. The van der Waals surface area contributed by atoms with Gasteiger partial charge in [-0.1, -0.05) is 35.3 Å². The van der Waals surface area contributed by atoms with E-state index in [0.29, 0.717) is 21.5 Å². The van der Waals surface area contributed by atoms with Crippen molar-refractivity contribution in [2.75, 3.05) is 22.9 Å². The van der Waals surface area contributed by atoms with Crippen molar-refractivity contribution in [3.63, 3.8) is 0 Å². The number of fused-ring (bicyclic) bond motifs is 2. The molecule has 0 unspecified atom stereocenters. The second kappa shape index (κ2) is 8.67. The van der Waals surface area contributed by atoms with Crippen LogP contribution in [0.25, 0.3) is 0 Å². The fraction of sp³-hybridized carbons (Fsp3) is 0. The Morgan fingerprint density at radius 3 is 1.33 bits per heavy atom. The van der Waals surface area contributed by atoms with Crippen LogP contribution < -0.4 is 32.4 Å². The lowest BCUT2D eigenvalue weighted by Gasteiger charge is -2.25. The van der Waals surface area contributed by atoms with Crippen molar-refractivity contribution in [2.24, 2.45) is 0 Å². The third kappa shape index (κ3) is 3.82. The smallest absolute Gasteiger partial charge is 0.199 e. The molecule has 4 aromatic rings. The van der Waals surface area contributed by atoms with E-state index in [-0.39, 0.29) is 56.5 Å². The summed E-state index contributed by atoms with van der Waals surface area (Å²) in [4.78, 5) is 27.2. The van der Waals surface area contributed by atoms with Gasteiger partial charge in [-0.3, -0.25) is 9.59 Å². The summed E-state index contributed by atoms with van der Waals surface area (Å²) < 4.78 is 11.7. The average molecular weight is 521 g/mol. The van der Waals surface area contributed by atoms with Crippen LogP contribution in [0.2, 0.25) is 10.0 Å². The van der Waals surface area contributed by atoms with Gasteiger partial charge in [0.05, 0.1) is 33.6 Å². The molecule has 0 aromatic heterocycles. The number of nitrogen functional groups attached to an aromatic ring is 4. The lowest BCUT2D eigenvalue weighted by molar-refractivity contribution is 0.0981. The normalized spacial score (nSPS) is 12.2. The van der Waals surface area contributed by atoms with Crippen molar-refractivity contribution in [3.8, 4) is 23.0 Å². The number of hydrogen-bond acceptors (Lipinski definition) is 8. The minimum absolute atomic E-state index is 0.00236. The fourth-order valence-corrected chi connectivity index (χ4v) is 4.44. The van der Waals surface area contributed by atoms with E-state index in [1.165, 1.54) is 12.1 Å². The number of carbonyl (C=O) groups is 2. The molecule has 0 amide bonds.